The van der Waals surface area contributed by atoms with Crippen molar-refractivity contribution in [2.24, 2.45) is 0 Å². The Labute approximate surface area is 163 Å². The smallest absolute Gasteiger partial charge is 0.332 e. The van der Waals surface area contributed by atoms with E-state index in [2.05, 4.69) is 4.84 Å². The van der Waals surface area contributed by atoms with E-state index in [1.807, 2.05) is 36.4 Å². The molecule has 0 fully saturated rings. The lowest BCUT2D eigenvalue weighted by molar-refractivity contribution is -0.165. The lowest BCUT2D eigenvalue weighted by Crippen LogP contribution is -2.33. The van der Waals surface area contributed by atoms with Crippen LogP contribution in [0.25, 0.3) is 6.08 Å². The number of nitrogens with zero attached hydrogens (tertiary/aromatic N) is 1. The minimum Gasteiger partial charge on any atom is -0.332 e. The number of hydrogen-bond acceptors (Lipinski definition) is 3. The van der Waals surface area contributed by atoms with Crippen molar-refractivity contribution in [1.29, 1.82) is 0 Å². The van der Waals surface area contributed by atoms with Gasteiger partial charge >= 0.3 is 5.97 Å². The van der Waals surface area contributed by atoms with E-state index in [0.717, 1.165) is 12.5 Å². The topological polar surface area (TPSA) is 46.6 Å². The van der Waals surface area contributed by atoms with Gasteiger partial charge in [-0.2, -0.15) is 5.06 Å². The van der Waals surface area contributed by atoms with E-state index in [1.165, 1.54) is 0 Å². The zero-order valence-electron chi connectivity index (χ0n) is 15.2. The molecule has 0 aliphatic carbocycles. The third kappa shape index (κ3) is 5.40. The van der Waals surface area contributed by atoms with Gasteiger partial charge in [0, 0.05) is 6.92 Å². The first-order chi connectivity index (χ1) is 13.7. The van der Waals surface area contributed by atoms with Crippen molar-refractivity contribution in [2.75, 3.05) is 6.54 Å². The molecule has 0 radical (unpaired) electrons. The number of benzene rings is 2. The van der Waals surface area contributed by atoms with E-state index in [1.54, 1.807) is 6.08 Å². The number of hydroxylamine groups is 2. The van der Waals surface area contributed by atoms with Crippen LogP contribution < -0.4 is 0 Å². The molecule has 29 heavy (non-hydrogen) atoms. The van der Waals surface area contributed by atoms with Gasteiger partial charge < -0.3 is 4.84 Å². The summed E-state index contributed by atoms with van der Waals surface area (Å²) < 4.78 is 66.9. The number of halogens is 5. The molecule has 0 heterocycles. The van der Waals surface area contributed by atoms with Crippen molar-refractivity contribution < 1.29 is 36.4 Å². The molecule has 0 unspecified atom stereocenters. The van der Waals surface area contributed by atoms with Gasteiger partial charge in [-0.15, -0.1) is 0 Å². The van der Waals surface area contributed by atoms with Gasteiger partial charge in [-0.1, -0.05) is 42.5 Å². The second-order valence-electron chi connectivity index (χ2n) is 5.90. The second-order valence-corrected chi connectivity index (χ2v) is 5.90. The molecule has 4 nitrogen and oxygen atoms in total. The molecule has 0 saturated heterocycles. The highest BCUT2D eigenvalue weighted by molar-refractivity contribution is 5.91. The maximum Gasteiger partial charge on any atom is 0.369 e. The lowest BCUT2D eigenvalue weighted by Gasteiger charge is -2.19. The molecule has 0 aliphatic heterocycles. The SMILES string of the molecule is CC(=O)N(CCC/C=C/c1ccccc1)OC(=O)c1c(F)c(F)c(F)c(F)c1F. The monoisotopic (exact) mass is 413 g/mol. The molecule has 9 heteroatoms. The van der Waals surface area contributed by atoms with Crippen molar-refractivity contribution in [3.05, 3.63) is 76.6 Å². The van der Waals surface area contributed by atoms with E-state index in [9.17, 15) is 31.5 Å². The summed E-state index contributed by atoms with van der Waals surface area (Å²) in [5.41, 5.74) is -0.815. The fourth-order valence-corrected chi connectivity index (χ4v) is 2.33. The molecule has 0 bridgehead atoms. The van der Waals surface area contributed by atoms with Crippen LogP contribution in [0.15, 0.2) is 36.4 Å². The molecule has 0 aromatic heterocycles. The highest BCUT2D eigenvalue weighted by atomic mass is 19.2. The van der Waals surface area contributed by atoms with Crippen LogP contribution in [-0.2, 0) is 9.63 Å². The molecule has 0 spiro atoms. The second kappa shape index (κ2) is 9.81. The zero-order valence-corrected chi connectivity index (χ0v) is 15.2. The maximum absolute atomic E-state index is 13.7. The molecule has 0 N–H and O–H groups in total. The zero-order chi connectivity index (χ0) is 21.6. The first-order valence-electron chi connectivity index (χ1n) is 8.47. The van der Waals surface area contributed by atoms with Crippen LogP contribution in [0, 0.1) is 29.1 Å². The van der Waals surface area contributed by atoms with Gasteiger partial charge in [0.2, 0.25) is 5.82 Å². The highest BCUT2D eigenvalue weighted by Crippen LogP contribution is 2.24. The molecule has 154 valence electrons. The van der Waals surface area contributed by atoms with E-state index < -0.39 is 46.5 Å². The van der Waals surface area contributed by atoms with Gasteiger partial charge in [0.1, 0.15) is 5.56 Å². The van der Waals surface area contributed by atoms with E-state index in [0.29, 0.717) is 17.9 Å². The Morgan fingerprint density at radius 1 is 0.931 bits per heavy atom. The first-order valence-corrected chi connectivity index (χ1v) is 8.47. The van der Waals surface area contributed by atoms with Crippen molar-refractivity contribution in [3.8, 4) is 0 Å². The summed E-state index contributed by atoms with van der Waals surface area (Å²) >= 11 is 0. The van der Waals surface area contributed by atoms with Crippen molar-refractivity contribution in [1.82, 2.24) is 5.06 Å². The summed E-state index contributed by atoms with van der Waals surface area (Å²) in [6, 6.07) is 9.33. The Morgan fingerprint density at radius 3 is 2.03 bits per heavy atom. The first kappa shape index (κ1) is 22.1. The predicted octanol–water partition coefficient (Wildman–Crippen LogP) is 4.80. The maximum atomic E-state index is 13.7. The summed E-state index contributed by atoms with van der Waals surface area (Å²) in [5.74, 6) is -14.3. The molecule has 2 rings (SSSR count). The van der Waals surface area contributed by atoms with Gasteiger partial charge in [-0.25, -0.2) is 26.7 Å². The molecule has 2 aromatic carbocycles. The average Bonchev–Trinajstić information content (AvgIpc) is 2.70. The van der Waals surface area contributed by atoms with Crippen molar-refractivity contribution in [2.45, 2.75) is 19.8 Å². The number of carbonyl (C=O) groups excluding carboxylic acids is 2. The summed E-state index contributed by atoms with van der Waals surface area (Å²) in [4.78, 5) is 28.1. The van der Waals surface area contributed by atoms with Gasteiger partial charge in [-0.05, 0) is 18.4 Å². The van der Waals surface area contributed by atoms with Crippen LogP contribution in [0.1, 0.15) is 35.7 Å². The molecule has 0 atom stereocenters. The number of amides is 1. The average molecular weight is 413 g/mol. The van der Waals surface area contributed by atoms with E-state index in [4.69, 9.17) is 0 Å². The Morgan fingerprint density at radius 2 is 1.48 bits per heavy atom. The molecule has 0 aliphatic rings. The fraction of sp³-hybridized carbons (Fsp3) is 0.200. The number of hydrogen-bond donors (Lipinski definition) is 0. The minimum absolute atomic E-state index is 0.143. The quantitative estimate of drug-likeness (QED) is 0.225. The summed E-state index contributed by atoms with van der Waals surface area (Å²) in [5, 5.41) is 0.497. The van der Waals surface area contributed by atoms with Gasteiger partial charge in [0.25, 0.3) is 5.91 Å². The fourth-order valence-electron chi connectivity index (χ4n) is 2.33. The molecule has 1 amide bonds. The van der Waals surface area contributed by atoms with Crippen molar-refractivity contribution in [3.63, 3.8) is 0 Å². The number of allylic oxidation sites excluding steroid dienone is 1. The van der Waals surface area contributed by atoms with Crippen LogP contribution in [0.2, 0.25) is 0 Å². The third-order valence-corrected chi connectivity index (χ3v) is 3.80. The lowest BCUT2D eigenvalue weighted by atomic mass is 10.1. The highest BCUT2D eigenvalue weighted by Gasteiger charge is 2.32. The standard InChI is InChI=1S/C20H16F5NO3/c1-12(27)26(11-7-3-6-10-13-8-4-2-5-9-13)29-20(28)14-15(21)17(23)19(25)18(24)16(14)22/h2,4-6,8-10H,3,7,11H2,1H3/b10-6+. The van der Waals surface area contributed by atoms with Gasteiger partial charge in [-0.3, -0.25) is 4.79 Å². The Hall–Kier alpha value is -3.23. The van der Waals surface area contributed by atoms with Gasteiger partial charge in [0.15, 0.2) is 23.3 Å². The largest absolute Gasteiger partial charge is 0.369 e. The van der Waals surface area contributed by atoms with Crippen LogP contribution in [0.4, 0.5) is 22.0 Å². The number of carbonyl (C=O) groups is 2. The minimum atomic E-state index is -2.40. The Kier molecular flexibility index (Phi) is 7.46. The third-order valence-electron chi connectivity index (χ3n) is 3.80. The van der Waals surface area contributed by atoms with Crippen molar-refractivity contribution >= 4 is 18.0 Å². The Balaban J connectivity index is 2.03. The molecular weight excluding hydrogens is 397 g/mol. The molecule has 0 saturated carbocycles. The normalized spacial score (nSPS) is 11.0. The van der Waals surface area contributed by atoms with Crippen LogP contribution in [0.3, 0.4) is 0 Å². The number of rotatable bonds is 6. The summed E-state index contributed by atoms with van der Waals surface area (Å²) in [6.07, 6.45) is 4.42. The molecule has 2 aromatic rings. The Bertz CT molecular complexity index is 902. The summed E-state index contributed by atoms with van der Waals surface area (Å²) in [7, 11) is 0. The van der Waals surface area contributed by atoms with Crippen LogP contribution in [0.5, 0.6) is 0 Å². The number of unbranched alkanes of at least 4 members (excludes halogenated alkanes) is 1. The summed E-state index contributed by atoms with van der Waals surface area (Å²) in [6.45, 7) is 0.876. The van der Waals surface area contributed by atoms with Crippen LogP contribution in [-0.4, -0.2) is 23.5 Å². The van der Waals surface area contributed by atoms with E-state index in [-0.39, 0.29) is 6.54 Å². The molecular formula is C20H16F5NO3. The van der Waals surface area contributed by atoms with E-state index >= 15 is 0 Å². The predicted molar refractivity (Wildman–Crippen MR) is 93.7 cm³/mol. The van der Waals surface area contributed by atoms with Crippen LogP contribution >= 0.6 is 0 Å². The van der Waals surface area contributed by atoms with Gasteiger partial charge in [0.05, 0.1) is 6.54 Å².